The molecule has 0 bridgehead atoms. The van der Waals surface area contributed by atoms with Gasteiger partial charge in [-0.2, -0.15) is 0 Å². The van der Waals surface area contributed by atoms with E-state index < -0.39 is 17.8 Å². The van der Waals surface area contributed by atoms with Gasteiger partial charge in [0.1, 0.15) is 5.82 Å². The van der Waals surface area contributed by atoms with E-state index in [1.165, 1.54) is 18.2 Å². The van der Waals surface area contributed by atoms with E-state index in [0.29, 0.717) is 13.2 Å². The molecule has 1 saturated heterocycles. The molecule has 1 fully saturated rings. The number of rotatable bonds is 4. The van der Waals surface area contributed by atoms with Crippen LogP contribution in [0.25, 0.3) is 0 Å². The molecule has 110 valence electrons. The maximum Gasteiger partial charge on any atom is 0.255 e. The number of benzene rings is 1. The van der Waals surface area contributed by atoms with Gasteiger partial charge >= 0.3 is 0 Å². The number of amides is 1. The molecule has 0 saturated carbocycles. The molecule has 1 heterocycles. The predicted molar refractivity (Wildman–Crippen MR) is 73.3 cm³/mol. The van der Waals surface area contributed by atoms with Crippen molar-refractivity contribution in [3.63, 3.8) is 0 Å². The summed E-state index contributed by atoms with van der Waals surface area (Å²) in [6.45, 7) is 1.32. The van der Waals surface area contributed by atoms with Gasteiger partial charge in [0.25, 0.3) is 5.91 Å². The van der Waals surface area contributed by atoms with E-state index in [1.807, 2.05) is 0 Å². The first-order chi connectivity index (χ1) is 9.59. The van der Waals surface area contributed by atoms with Crippen molar-refractivity contribution in [3.8, 4) is 0 Å². The Hall–Kier alpha value is -1.17. The zero-order valence-corrected chi connectivity index (χ0v) is 11.7. The molecule has 0 aromatic heterocycles. The van der Waals surface area contributed by atoms with Crippen molar-refractivity contribution >= 4 is 17.5 Å². The molecule has 20 heavy (non-hydrogen) atoms. The zero-order chi connectivity index (χ0) is 14.5. The summed E-state index contributed by atoms with van der Waals surface area (Å²) in [7, 11) is 0. The van der Waals surface area contributed by atoms with Crippen LogP contribution in [-0.4, -0.2) is 36.9 Å². The van der Waals surface area contributed by atoms with Crippen LogP contribution in [0.3, 0.4) is 0 Å². The normalized spacial score (nSPS) is 17.8. The Bertz CT molecular complexity index is 457. The van der Waals surface area contributed by atoms with E-state index in [9.17, 15) is 14.3 Å². The van der Waals surface area contributed by atoms with Crippen molar-refractivity contribution in [3.05, 3.63) is 34.6 Å². The molecule has 1 aromatic rings. The van der Waals surface area contributed by atoms with Crippen LogP contribution in [0.1, 0.15) is 23.2 Å². The van der Waals surface area contributed by atoms with Gasteiger partial charge in [-0.1, -0.05) is 17.7 Å². The Morgan fingerprint density at radius 2 is 2.20 bits per heavy atom. The molecular weight excluding hydrogens is 285 g/mol. The fraction of sp³-hybridized carbons (Fsp3) is 0.500. The molecule has 1 aromatic carbocycles. The summed E-state index contributed by atoms with van der Waals surface area (Å²) in [5.74, 6) is -1.19. The quantitative estimate of drug-likeness (QED) is 0.894. The molecule has 0 unspecified atom stereocenters. The van der Waals surface area contributed by atoms with Gasteiger partial charge in [0.2, 0.25) is 0 Å². The lowest BCUT2D eigenvalue weighted by Gasteiger charge is -2.26. The van der Waals surface area contributed by atoms with Gasteiger partial charge in [0.05, 0.1) is 16.7 Å². The number of carbonyl (C=O) groups excluding carboxylic acids is 1. The van der Waals surface area contributed by atoms with E-state index in [0.717, 1.165) is 12.8 Å². The number of nitrogens with one attached hydrogen (secondary N) is 1. The number of ether oxygens (including phenoxy) is 1. The van der Waals surface area contributed by atoms with E-state index in [-0.39, 0.29) is 23.0 Å². The molecule has 0 aliphatic carbocycles. The minimum absolute atomic E-state index is 0.0584. The second kappa shape index (κ2) is 7.02. The summed E-state index contributed by atoms with van der Waals surface area (Å²) in [6, 6.07) is 4.06. The van der Waals surface area contributed by atoms with Crippen molar-refractivity contribution in [2.75, 3.05) is 19.8 Å². The predicted octanol–water partition coefficient (Wildman–Crippen LogP) is 2.00. The third kappa shape index (κ3) is 3.69. The van der Waals surface area contributed by atoms with Gasteiger partial charge < -0.3 is 15.2 Å². The first-order valence-corrected chi connectivity index (χ1v) is 6.95. The first kappa shape index (κ1) is 15.2. The molecule has 1 atom stereocenters. The van der Waals surface area contributed by atoms with E-state index in [4.69, 9.17) is 16.3 Å². The van der Waals surface area contributed by atoms with Gasteiger partial charge in [-0.3, -0.25) is 4.79 Å². The number of aliphatic hydroxyl groups is 1. The van der Waals surface area contributed by atoms with Crippen molar-refractivity contribution in [2.24, 2.45) is 5.92 Å². The molecule has 1 amide bonds. The highest BCUT2D eigenvalue weighted by atomic mass is 35.5. The first-order valence-electron chi connectivity index (χ1n) is 6.57. The molecule has 1 aliphatic heterocycles. The van der Waals surface area contributed by atoms with Gasteiger partial charge in [-0.15, -0.1) is 0 Å². The highest BCUT2D eigenvalue weighted by molar-refractivity contribution is 6.33. The second-order valence-electron chi connectivity index (χ2n) is 4.82. The summed E-state index contributed by atoms with van der Waals surface area (Å²) in [6.07, 6.45) is 0.864. The Morgan fingerprint density at radius 1 is 1.50 bits per heavy atom. The third-order valence-corrected chi connectivity index (χ3v) is 3.79. The van der Waals surface area contributed by atoms with Crippen LogP contribution in [0, 0.1) is 11.7 Å². The topological polar surface area (TPSA) is 58.6 Å². The molecule has 6 heteroatoms. The number of carbonyl (C=O) groups is 1. The molecule has 0 spiro atoms. The minimum Gasteiger partial charge on any atom is -0.391 e. The van der Waals surface area contributed by atoms with Crippen LogP contribution in [0.2, 0.25) is 5.02 Å². The van der Waals surface area contributed by atoms with E-state index in [1.54, 1.807) is 0 Å². The van der Waals surface area contributed by atoms with E-state index >= 15 is 0 Å². The highest BCUT2D eigenvalue weighted by Crippen LogP contribution is 2.20. The number of hydrogen-bond donors (Lipinski definition) is 2. The van der Waals surface area contributed by atoms with Gasteiger partial charge in [-0.25, -0.2) is 4.39 Å². The molecule has 2 rings (SSSR count). The largest absolute Gasteiger partial charge is 0.391 e. The average Bonchev–Trinajstić information content (AvgIpc) is 2.45. The Kier molecular flexibility index (Phi) is 5.34. The fourth-order valence-corrected chi connectivity index (χ4v) is 2.52. The number of halogens is 2. The lowest BCUT2D eigenvalue weighted by Crippen LogP contribution is -2.38. The maximum atomic E-state index is 13.6. The fourth-order valence-electron chi connectivity index (χ4n) is 2.27. The standard InChI is InChI=1S/C14H17ClFNO3/c15-10-2-1-3-11(16)13(10)14(19)17-8-12(18)9-4-6-20-7-5-9/h1-3,9,12,18H,4-8H2,(H,17,19)/t12-/m1/s1. The van der Waals surface area contributed by atoms with Crippen LogP contribution in [0.5, 0.6) is 0 Å². The van der Waals surface area contributed by atoms with Crippen molar-refractivity contribution in [2.45, 2.75) is 18.9 Å². The molecule has 2 N–H and O–H groups in total. The Balaban J connectivity index is 1.91. The van der Waals surface area contributed by atoms with Crippen LogP contribution >= 0.6 is 11.6 Å². The van der Waals surface area contributed by atoms with E-state index in [2.05, 4.69) is 5.32 Å². The summed E-state index contributed by atoms with van der Waals surface area (Å²) < 4.78 is 18.8. The van der Waals surface area contributed by atoms with Crippen LogP contribution in [0.4, 0.5) is 4.39 Å². The number of hydrogen-bond acceptors (Lipinski definition) is 3. The summed E-state index contributed by atoms with van der Waals surface area (Å²) >= 11 is 5.81. The van der Waals surface area contributed by atoms with Gasteiger partial charge in [-0.05, 0) is 30.9 Å². The average molecular weight is 302 g/mol. The zero-order valence-electron chi connectivity index (χ0n) is 10.9. The maximum absolute atomic E-state index is 13.6. The SMILES string of the molecule is O=C(NC[C@@H](O)C1CCOCC1)c1c(F)cccc1Cl. The number of aliphatic hydroxyl groups excluding tert-OH is 1. The molecular formula is C14H17ClFNO3. The van der Waals surface area contributed by atoms with Crippen molar-refractivity contribution < 1.29 is 19.0 Å². The monoisotopic (exact) mass is 301 g/mol. The second-order valence-corrected chi connectivity index (χ2v) is 5.23. The molecule has 4 nitrogen and oxygen atoms in total. The highest BCUT2D eigenvalue weighted by Gasteiger charge is 2.23. The summed E-state index contributed by atoms with van der Waals surface area (Å²) in [5, 5.41) is 12.6. The lowest BCUT2D eigenvalue weighted by atomic mass is 9.94. The van der Waals surface area contributed by atoms with Crippen LogP contribution in [0.15, 0.2) is 18.2 Å². The molecule has 1 aliphatic rings. The smallest absolute Gasteiger partial charge is 0.255 e. The van der Waals surface area contributed by atoms with Crippen LogP contribution < -0.4 is 5.32 Å². The Morgan fingerprint density at radius 3 is 2.85 bits per heavy atom. The lowest BCUT2D eigenvalue weighted by molar-refractivity contribution is 0.00871. The Labute approximate surface area is 121 Å². The van der Waals surface area contributed by atoms with Gasteiger partial charge in [0, 0.05) is 19.8 Å². The summed E-state index contributed by atoms with van der Waals surface area (Å²) in [5.41, 5.74) is -0.187. The molecule has 0 radical (unpaired) electrons. The third-order valence-electron chi connectivity index (χ3n) is 3.47. The minimum atomic E-state index is -0.671. The van der Waals surface area contributed by atoms with Crippen LogP contribution in [-0.2, 0) is 4.74 Å². The van der Waals surface area contributed by atoms with Crippen molar-refractivity contribution in [1.82, 2.24) is 5.32 Å². The summed E-state index contributed by atoms with van der Waals surface area (Å²) in [4.78, 5) is 11.9. The van der Waals surface area contributed by atoms with Gasteiger partial charge in [0.15, 0.2) is 0 Å². The van der Waals surface area contributed by atoms with Crippen molar-refractivity contribution in [1.29, 1.82) is 0 Å².